The minimum absolute atomic E-state index is 0.152. The molecule has 0 saturated heterocycles. The number of nitriles is 1. The van der Waals surface area contributed by atoms with Gasteiger partial charge in [-0.2, -0.15) is 5.26 Å². The molecule has 2 heterocycles. The smallest absolute Gasteiger partial charge is 0.208 e. The van der Waals surface area contributed by atoms with Crippen molar-refractivity contribution < 1.29 is 8.42 Å². The van der Waals surface area contributed by atoms with E-state index in [1.165, 1.54) is 28.6 Å². The number of nitrogens with zero attached hydrogens (tertiary/aromatic N) is 3. The summed E-state index contributed by atoms with van der Waals surface area (Å²) in [4.78, 5) is 0.364. The van der Waals surface area contributed by atoms with Crippen molar-refractivity contribution in [1.29, 1.82) is 5.26 Å². The fraction of sp³-hybridized carbons (Fsp3) is 0.0541. The minimum Gasteiger partial charge on any atom is -0.312 e. The summed E-state index contributed by atoms with van der Waals surface area (Å²) < 4.78 is 32.7. The molecule has 0 N–H and O–H groups in total. The van der Waals surface area contributed by atoms with E-state index in [9.17, 15) is 13.7 Å². The SMILES string of the molecule is N#Cc1ccc(S(=O)(=O)c2ccccc2-n2c3ccccc3c3c4c(ccc32)c2ccccc2n4C2=CC=CCC2)cc1. The Bertz CT molecular complexity index is 2470. The number of rotatable bonds is 4. The molecule has 0 amide bonds. The van der Waals surface area contributed by atoms with E-state index < -0.39 is 9.84 Å². The Morgan fingerprint density at radius 1 is 0.674 bits per heavy atom. The second-order valence-electron chi connectivity index (χ2n) is 10.8. The van der Waals surface area contributed by atoms with E-state index in [4.69, 9.17) is 0 Å². The lowest BCUT2D eigenvalue weighted by Gasteiger charge is -2.15. The van der Waals surface area contributed by atoms with Crippen molar-refractivity contribution in [3.05, 3.63) is 133 Å². The first-order valence-corrected chi connectivity index (χ1v) is 15.7. The van der Waals surface area contributed by atoms with Crippen LogP contribution in [0.4, 0.5) is 0 Å². The molecule has 2 aromatic heterocycles. The summed E-state index contributed by atoms with van der Waals surface area (Å²) in [5.74, 6) is 0. The molecule has 0 fully saturated rings. The fourth-order valence-corrected chi connectivity index (χ4v) is 7.99. The molecule has 0 spiro atoms. The van der Waals surface area contributed by atoms with Crippen molar-refractivity contribution in [2.24, 2.45) is 0 Å². The van der Waals surface area contributed by atoms with Gasteiger partial charge in [-0.05, 0) is 73.5 Å². The molecule has 206 valence electrons. The highest BCUT2D eigenvalue weighted by atomic mass is 32.2. The van der Waals surface area contributed by atoms with Crippen molar-refractivity contribution in [2.45, 2.75) is 22.6 Å². The van der Waals surface area contributed by atoms with E-state index in [2.05, 4.69) is 82.0 Å². The summed E-state index contributed by atoms with van der Waals surface area (Å²) in [5.41, 5.74) is 6.39. The Morgan fingerprint density at radius 2 is 1.37 bits per heavy atom. The third kappa shape index (κ3) is 3.72. The fourth-order valence-electron chi connectivity index (χ4n) is 6.55. The van der Waals surface area contributed by atoms with Crippen LogP contribution in [-0.4, -0.2) is 17.6 Å². The molecule has 0 radical (unpaired) electrons. The lowest BCUT2D eigenvalue weighted by Crippen LogP contribution is -2.07. The van der Waals surface area contributed by atoms with Gasteiger partial charge in [-0.25, -0.2) is 8.42 Å². The second-order valence-corrected chi connectivity index (χ2v) is 12.7. The average Bonchev–Trinajstić information content (AvgIpc) is 3.58. The van der Waals surface area contributed by atoms with Gasteiger partial charge >= 0.3 is 0 Å². The van der Waals surface area contributed by atoms with E-state index >= 15 is 0 Å². The maximum absolute atomic E-state index is 14.1. The Labute approximate surface area is 248 Å². The minimum atomic E-state index is -3.90. The Morgan fingerprint density at radius 3 is 2.12 bits per heavy atom. The monoisotopic (exact) mass is 575 g/mol. The van der Waals surface area contributed by atoms with E-state index in [-0.39, 0.29) is 9.79 Å². The quantitative estimate of drug-likeness (QED) is 0.211. The summed E-state index contributed by atoms with van der Waals surface area (Å²) in [6.07, 6.45) is 8.45. The maximum atomic E-state index is 14.1. The molecule has 0 unspecified atom stereocenters. The highest BCUT2D eigenvalue weighted by Crippen LogP contribution is 2.43. The molecular formula is C37H25N3O2S. The van der Waals surface area contributed by atoms with Crippen LogP contribution in [0.15, 0.2) is 137 Å². The second kappa shape index (κ2) is 9.59. The van der Waals surface area contributed by atoms with E-state index in [0.717, 1.165) is 45.7 Å². The van der Waals surface area contributed by atoms with Crippen molar-refractivity contribution >= 4 is 59.1 Å². The van der Waals surface area contributed by atoms with Gasteiger partial charge in [0.2, 0.25) is 9.84 Å². The van der Waals surface area contributed by atoms with Crippen LogP contribution in [0.1, 0.15) is 18.4 Å². The molecule has 0 bridgehead atoms. The molecule has 0 saturated carbocycles. The van der Waals surface area contributed by atoms with Crippen LogP contribution in [0.25, 0.3) is 55.0 Å². The molecule has 0 atom stereocenters. The van der Waals surface area contributed by atoms with Crippen LogP contribution in [0, 0.1) is 11.3 Å². The predicted octanol–water partition coefficient (Wildman–Crippen LogP) is 8.79. The van der Waals surface area contributed by atoms with E-state index in [1.807, 2.05) is 24.3 Å². The van der Waals surface area contributed by atoms with Gasteiger partial charge < -0.3 is 9.13 Å². The zero-order chi connectivity index (χ0) is 29.1. The molecule has 7 aromatic rings. The highest BCUT2D eigenvalue weighted by Gasteiger charge is 2.26. The maximum Gasteiger partial charge on any atom is 0.208 e. The molecular weight excluding hydrogens is 550 g/mol. The largest absolute Gasteiger partial charge is 0.312 e. The number of fused-ring (bicyclic) bond motifs is 7. The Hall–Kier alpha value is -5.38. The van der Waals surface area contributed by atoms with Gasteiger partial charge in [-0.3, -0.25) is 0 Å². The number of para-hydroxylation sites is 3. The summed E-state index contributed by atoms with van der Waals surface area (Å²) in [6, 6.07) is 36.4. The lowest BCUT2D eigenvalue weighted by molar-refractivity contribution is 0.595. The van der Waals surface area contributed by atoms with Crippen LogP contribution in [0.3, 0.4) is 0 Å². The molecule has 5 nitrogen and oxygen atoms in total. The van der Waals surface area contributed by atoms with Gasteiger partial charge in [-0.1, -0.05) is 66.7 Å². The lowest BCUT2D eigenvalue weighted by atomic mass is 10.1. The molecule has 6 heteroatoms. The van der Waals surface area contributed by atoms with E-state index in [0.29, 0.717) is 11.3 Å². The number of aromatic nitrogens is 2. The standard InChI is InChI=1S/C37H25N3O2S/c38-24-25-18-20-27(21-19-25)43(41,42)35-17-9-8-16-33(35)40-32-15-7-5-13-30(32)36-34(40)23-22-29-28-12-4-6-14-31(28)39(37(29)36)26-10-2-1-3-11-26/h1-2,4-10,12-23H,3,11H2. The van der Waals surface area contributed by atoms with Gasteiger partial charge in [0.05, 0.1) is 49.2 Å². The van der Waals surface area contributed by atoms with Gasteiger partial charge in [0, 0.05) is 27.2 Å². The predicted molar refractivity (Wildman–Crippen MR) is 173 cm³/mol. The van der Waals surface area contributed by atoms with Crippen LogP contribution >= 0.6 is 0 Å². The zero-order valence-corrected chi connectivity index (χ0v) is 23.9. The van der Waals surface area contributed by atoms with Crippen LogP contribution in [-0.2, 0) is 9.84 Å². The zero-order valence-electron chi connectivity index (χ0n) is 23.1. The molecule has 1 aliphatic carbocycles. The highest BCUT2D eigenvalue weighted by molar-refractivity contribution is 7.91. The third-order valence-electron chi connectivity index (χ3n) is 8.44. The third-order valence-corrected chi connectivity index (χ3v) is 10.3. The number of allylic oxidation sites excluding steroid dienone is 4. The van der Waals surface area contributed by atoms with Gasteiger partial charge in [0.25, 0.3) is 0 Å². The van der Waals surface area contributed by atoms with E-state index in [1.54, 1.807) is 24.3 Å². The normalized spacial score (nSPS) is 13.6. The number of sulfone groups is 1. The average molecular weight is 576 g/mol. The van der Waals surface area contributed by atoms with Crippen LogP contribution in [0.5, 0.6) is 0 Å². The van der Waals surface area contributed by atoms with Crippen LogP contribution in [0.2, 0.25) is 0 Å². The van der Waals surface area contributed by atoms with Crippen molar-refractivity contribution in [2.75, 3.05) is 0 Å². The summed E-state index contributed by atoms with van der Waals surface area (Å²) in [7, 11) is -3.90. The molecule has 1 aliphatic rings. The molecule has 43 heavy (non-hydrogen) atoms. The summed E-state index contributed by atoms with van der Waals surface area (Å²) in [5, 5.41) is 13.7. The van der Waals surface area contributed by atoms with Gasteiger partial charge in [-0.15, -0.1) is 0 Å². The first-order chi connectivity index (χ1) is 21.1. The molecule has 0 aliphatic heterocycles. The van der Waals surface area contributed by atoms with Gasteiger partial charge in [0.1, 0.15) is 0 Å². The number of hydrogen-bond donors (Lipinski definition) is 0. The molecule has 5 aromatic carbocycles. The first-order valence-electron chi connectivity index (χ1n) is 14.2. The van der Waals surface area contributed by atoms with Crippen molar-refractivity contribution in [3.63, 3.8) is 0 Å². The molecule has 8 rings (SSSR count). The Balaban J connectivity index is 1.50. The number of benzene rings is 5. The first kappa shape index (κ1) is 25.3. The summed E-state index contributed by atoms with van der Waals surface area (Å²) in [6.45, 7) is 0. The number of hydrogen-bond acceptors (Lipinski definition) is 3. The summed E-state index contributed by atoms with van der Waals surface area (Å²) >= 11 is 0. The Kier molecular flexibility index (Phi) is 5.65. The van der Waals surface area contributed by atoms with Crippen molar-refractivity contribution in [3.8, 4) is 11.8 Å². The van der Waals surface area contributed by atoms with Crippen LogP contribution < -0.4 is 0 Å². The van der Waals surface area contributed by atoms with Crippen molar-refractivity contribution in [1.82, 2.24) is 9.13 Å². The topological polar surface area (TPSA) is 67.8 Å². The van der Waals surface area contributed by atoms with Gasteiger partial charge in [0.15, 0.2) is 0 Å².